The van der Waals surface area contributed by atoms with Crippen molar-refractivity contribution in [2.75, 3.05) is 13.7 Å². The molecule has 0 fully saturated rings. The van der Waals surface area contributed by atoms with E-state index < -0.39 is 17.4 Å². The quantitative estimate of drug-likeness (QED) is 0.732. The number of carbonyl (C=O) groups is 2. The van der Waals surface area contributed by atoms with Crippen molar-refractivity contribution < 1.29 is 14.3 Å². The number of amides is 2. The Balaban J connectivity index is 1.95. The van der Waals surface area contributed by atoms with Crippen LogP contribution in [0.1, 0.15) is 24.5 Å². The summed E-state index contributed by atoms with van der Waals surface area (Å²) in [4.78, 5) is 24.2. The third kappa shape index (κ3) is 4.84. The van der Waals surface area contributed by atoms with E-state index in [9.17, 15) is 9.59 Å². The van der Waals surface area contributed by atoms with Gasteiger partial charge in [-0.2, -0.15) is 0 Å². The number of methoxy groups -OCH3 is 1. The normalized spacial score (nSPS) is 12.9. The number of hydrogen-bond donors (Lipinski definition) is 2. The van der Waals surface area contributed by atoms with Gasteiger partial charge < -0.3 is 15.4 Å². The highest BCUT2D eigenvalue weighted by atomic mass is 35.5. The minimum atomic E-state index is -0.709. The molecular formula is C20H23ClN2O3. The molecule has 0 saturated heterocycles. The van der Waals surface area contributed by atoms with Crippen LogP contribution >= 0.6 is 11.6 Å². The largest absolute Gasteiger partial charge is 0.372 e. The van der Waals surface area contributed by atoms with E-state index in [0.29, 0.717) is 11.4 Å². The van der Waals surface area contributed by atoms with Crippen LogP contribution in [0.25, 0.3) is 0 Å². The van der Waals surface area contributed by atoms with Gasteiger partial charge in [-0.05, 0) is 23.6 Å². The molecule has 1 unspecified atom stereocenters. The van der Waals surface area contributed by atoms with Crippen LogP contribution < -0.4 is 10.6 Å². The SMILES string of the molecule is CCC(CNC(=O)C(=O)NCc1ccccc1Cl)(OC)c1ccccc1. The number of hydrogen-bond acceptors (Lipinski definition) is 3. The molecule has 0 spiro atoms. The molecule has 1 atom stereocenters. The highest BCUT2D eigenvalue weighted by Crippen LogP contribution is 2.27. The van der Waals surface area contributed by atoms with Gasteiger partial charge in [0.2, 0.25) is 0 Å². The second-order valence-corrected chi connectivity index (χ2v) is 6.28. The minimum Gasteiger partial charge on any atom is -0.372 e. The average Bonchev–Trinajstić information content (AvgIpc) is 2.69. The summed E-state index contributed by atoms with van der Waals surface area (Å²) in [6.45, 7) is 2.36. The number of ether oxygens (including phenoxy) is 1. The maximum Gasteiger partial charge on any atom is 0.309 e. The highest BCUT2D eigenvalue weighted by Gasteiger charge is 2.31. The fourth-order valence-electron chi connectivity index (χ4n) is 2.71. The zero-order chi connectivity index (χ0) is 19.0. The lowest BCUT2D eigenvalue weighted by molar-refractivity contribution is -0.140. The van der Waals surface area contributed by atoms with Crippen LogP contribution in [0.4, 0.5) is 0 Å². The first-order valence-electron chi connectivity index (χ1n) is 8.42. The summed E-state index contributed by atoms with van der Waals surface area (Å²) >= 11 is 6.05. The van der Waals surface area contributed by atoms with Crippen LogP contribution in [-0.2, 0) is 26.5 Å². The summed E-state index contributed by atoms with van der Waals surface area (Å²) in [5.74, 6) is -1.41. The Bertz CT molecular complexity index is 746. The Morgan fingerprint density at radius 3 is 2.23 bits per heavy atom. The first-order valence-corrected chi connectivity index (χ1v) is 8.80. The van der Waals surface area contributed by atoms with Crippen LogP contribution in [0, 0.1) is 0 Å². The molecule has 0 aliphatic carbocycles. The number of nitrogens with one attached hydrogen (secondary N) is 2. The van der Waals surface area contributed by atoms with Crippen LogP contribution in [0.15, 0.2) is 54.6 Å². The van der Waals surface area contributed by atoms with Crippen LogP contribution in [0.3, 0.4) is 0 Å². The molecule has 2 amide bonds. The smallest absolute Gasteiger partial charge is 0.309 e. The third-order valence-corrected chi connectivity index (χ3v) is 4.77. The Labute approximate surface area is 158 Å². The van der Waals surface area contributed by atoms with Crippen molar-refractivity contribution in [3.05, 3.63) is 70.7 Å². The average molecular weight is 375 g/mol. The predicted molar refractivity (Wildman–Crippen MR) is 102 cm³/mol. The number of carbonyl (C=O) groups excluding carboxylic acids is 2. The van der Waals surface area contributed by atoms with E-state index in [2.05, 4.69) is 10.6 Å². The molecule has 0 radical (unpaired) electrons. The second kappa shape index (κ2) is 9.36. The first kappa shape index (κ1) is 19.9. The van der Waals surface area contributed by atoms with Crippen molar-refractivity contribution >= 4 is 23.4 Å². The molecule has 0 heterocycles. The molecule has 6 heteroatoms. The van der Waals surface area contributed by atoms with Gasteiger partial charge in [-0.1, -0.05) is 67.1 Å². The van der Waals surface area contributed by atoms with E-state index in [1.807, 2.05) is 43.3 Å². The fourth-order valence-corrected chi connectivity index (χ4v) is 2.91. The number of halogens is 1. The van der Waals surface area contributed by atoms with Gasteiger partial charge in [-0.25, -0.2) is 0 Å². The molecule has 2 aromatic rings. The molecule has 5 nitrogen and oxygen atoms in total. The summed E-state index contributed by atoms with van der Waals surface area (Å²) in [5.41, 5.74) is 1.01. The van der Waals surface area contributed by atoms with Crippen molar-refractivity contribution in [2.24, 2.45) is 0 Å². The summed E-state index contributed by atoms with van der Waals surface area (Å²) in [5, 5.41) is 5.78. The van der Waals surface area contributed by atoms with Gasteiger partial charge in [-0.15, -0.1) is 0 Å². The molecule has 0 aliphatic heterocycles. The lowest BCUT2D eigenvalue weighted by Gasteiger charge is -2.32. The molecule has 0 saturated carbocycles. The standard InChI is InChI=1S/C20H23ClN2O3/c1-3-20(26-2,16-10-5-4-6-11-16)14-23-19(25)18(24)22-13-15-9-7-8-12-17(15)21/h4-12H,3,13-14H2,1-2H3,(H,22,24)(H,23,25). The van der Waals surface area contributed by atoms with Crippen LogP contribution in [0.2, 0.25) is 5.02 Å². The summed E-state index contributed by atoms with van der Waals surface area (Å²) in [7, 11) is 1.60. The number of rotatable bonds is 7. The zero-order valence-corrected chi connectivity index (χ0v) is 15.7. The minimum absolute atomic E-state index is 0.188. The number of benzene rings is 2. The summed E-state index contributed by atoms with van der Waals surface area (Å²) in [6, 6.07) is 16.8. The van der Waals surface area contributed by atoms with Crippen LogP contribution in [-0.4, -0.2) is 25.5 Å². The summed E-state index contributed by atoms with van der Waals surface area (Å²) < 4.78 is 5.68. The van der Waals surface area contributed by atoms with E-state index in [0.717, 1.165) is 11.1 Å². The Kier molecular flexibility index (Phi) is 7.18. The van der Waals surface area contributed by atoms with Crippen molar-refractivity contribution in [3.63, 3.8) is 0 Å². The topological polar surface area (TPSA) is 67.4 Å². The van der Waals surface area contributed by atoms with Gasteiger partial charge in [0.05, 0.1) is 6.54 Å². The lowest BCUT2D eigenvalue weighted by atomic mass is 9.90. The maximum absolute atomic E-state index is 12.1. The lowest BCUT2D eigenvalue weighted by Crippen LogP contribution is -2.46. The first-order chi connectivity index (χ1) is 12.5. The molecule has 0 aliphatic rings. The van der Waals surface area contributed by atoms with Crippen molar-refractivity contribution in [1.29, 1.82) is 0 Å². The Morgan fingerprint density at radius 1 is 1.00 bits per heavy atom. The molecular weight excluding hydrogens is 352 g/mol. The Hall–Kier alpha value is -2.37. The molecule has 0 bridgehead atoms. The molecule has 0 aromatic heterocycles. The Morgan fingerprint density at radius 2 is 1.62 bits per heavy atom. The summed E-state index contributed by atoms with van der Waals surface area (Å²) in [6.07, 6.45) is 0.648. The molecule has 26 heavy (non-hydrogen) atoms. The van der Waals surface area contributed by atoms with E-state index in [1.165, 1.54) is 0 Å². The van der Waals surface area contributed by atoms with Gasteiger partial charge in [-0.3, -0.25) is 9.59 Å². The van der Waals surface area contributed by atoms with Crippen molar-refractivity contribution in [2.45, 2.75) is 25.5 Å². The second-order valence-electron chi connectivity index (χ2n) is 5.87. The van der Waals surface area contributed by atoms with Gasteiger partial charge in [0, 0.05) is 18.7 Å². The monoisotopic (exact) mass is 374 g/mol. The highest BCUT2D eigenvalue weighted by molar-refractivity contribution is 6.35. The van der Waals surface area contributed by atoms with Gasteiger partial charge in [0.1, 0.15) is 5.60 Å². The van der Waals surface area contributed by atoms with E-state index >= 15 is 0 Å². The third-order valence-electron chi connectivity index (χ3n) is 4.40. The molecule has 138 valence electrons. The van der Waals surface area contributed by atoms with E-state index in [4.69, 9.17) is 16.3 Å². The van der Waals surface area contributed by atoms with Gasteiger partial charge >= 0.3 is 11.8 Å². The molecule has 2 aromatic carbocycles. The molecule has 2 rings (SSSR count). The van der Waals surface area contributed by atoms with E-state index in [1.54, 1.807) is 25.3 Å². The van der Waals surface area contributed by atoms with E-state index in [-0.39, 0.29) is 13.1 Å². The zero-order valence-electron chi connectivity index (χ0n) is 14.9. The van der Waals surface area contributed by atoms with Gasteiger partial charge in [0.25, 0.3) is 0 Å². The van der Waals surface area contributed by atoms with Crippen molar-refractivity contribution in [3.8, 4) is 0 Å². The maximum atomic E-state index is 12.1. The van der Waals surface area contributed by atoms with Gasteiger partial charge in [0.15, 0.2) is 0 Å². The fraction of sp³-hybridized carbons (Fsp3) is 0.300. The predicted octanol–water partition coefficient (Wildman–Crippen LogP) is 3.02. The molecule has 2 N–H and O–H groups in total. The van der Waals surface area contributed by atoms with Crippen LogP contribution in [0.5, 0.6) is 0 Å². The van der Waals surface area contributed by atoms with Crippen molar-refractivity contribution in [1.82, 2.24) is 10.6 Å².